The summed E-state index contributed by atoms with van der Waals surface area (Å²) in [5.41, 5.74) is -0.824. The van der Waals surface area contributed by atoms with Gasteiger partial charge in [-0.1, -0.05) is 18.2 Å². The third-order valence-electron chi connectivity index (χ3n) is 6.95. The summed E-state index contributed by atoms with van der Waals surface area (Å²) in [6.07, 6.45) is -2.95. The van der Waals surface area contributed by atoms with Gasteiger partial charge in [0.05, 0.1) is 17.2 Å². The second-order valence-corrected chi connectivity index (χ2v) is 9.08. The van der Waals surface area contributed by atoms with Crippen LogP contribution in [0.1, 0.15) is 30.4 Å². The van der Waals surface area contributed by atoms with E-state index in [1.807, 2.05) is 18.2 Å². The fourth-order valence-electron chi connectivity index (χ4n) is 5.04. The molecule has 3 amide bonds. The van der Waals surface area contributed by atoms with Gasteiger partial charge in [0.1, 0.15) is 6.04 Å². The van der Waals surface area contributed by atoms with E-state index in [4.69, 9.17) is 5.26 Å². The van der Waals surface area contributed by atoms with Crippen LogP contribution in [-0.4, -0.2) is 49.6 Å². The van der Waals surface area contributed by atoms with Gasteiger partial charge >= 0.3 is 12.2 Å². The number of piperidine rings is 1. The van der Waals surface area contributed by atoms with Gasteiger partial charge in [-0.25, -0.2) is 4.79 Å². The summed E-state index contributed by atoms with van der Waals surface area (Å²) in [6, 6.07) is 13.5. The van der Waals surface area contributed by atoms with Crippen molar-refractivity contribution in [1.82, 2.24) is 10.2 Å². The first-order valence-electron chi connectivity index (χ1n) is 11.4. The molecule has 2 N–H and O–H groups in total. The Hall–Kier alpha value is -3.74. The zero-order chi connectivity index (χ0) is 25.2. The number of likely N-dealkylation sites (N-methyl/N-ethyl adjacent to an activating group) is 1. The van der Waals surface area contributed by atoms with Crippen molar-refractivity contribution in [2.24, 2.45) is 5.41 Å². The minimum absolute atomic E-state index is 0.203. The number of nitriles is 1. The maximum Gasteiger partial charge on any atom is 0.417 e. The first-order valence-corrected chi connectivity index (χ1v) is 11.4. The second-order valence-electron chi connectivity index (χ2n) is 9.08. The van der Waals surface area contributed by atoms with Crippen molar-refractivity contribution in [3.05, 3.63) is 59.7 Å². The van der Waals surface area contributed by atoms with Crippen LogP contribution < -0.4 is 15.5 Å². The van der Waals surface area contributed by atoms with E-state index in [-0.39, 0.29) is 23.0 Å². The van der Waals surface area contributed by atoms with Crippen LogP contribution in [0.25, 0.3) is 0 Å². The van der Waals surface area contributed by atoms with Crippen molar-refractivity contribution in [3.63, 3.8) is 0 Å². The van der Waals surface area contributed by atoms with Gasteiger partial charge in [-0.05, 0) is 55.0 Å². The number of alkyl halides is 3. The van der Waals surface area contributed by atoms with Gasteiger partial charge in [0.25, 0.3) is 0 Å². The van der Waals surface area contributed by atoms with Gasteiger partial charge in [-0.3, -0.25) is 4.79 Å². The highest BCUT2D eigenvalue weighted by atomic mass is 19.4. The molecule has 0 bridgehead atoms. The molecular weight excluding hydrogens is 459 g/mol. The second kappa shape index (κ2) is 9.49. The fraction of sp³-hybridized carbons (Fsp3) is 0.400. The lowest BCUT2D eigenvalue weighted by atomic mass is 9.76. The number of anilines is 2. The largest absolute Gasteiger partial charge is 0.417 e. The van der Waals surface area contributed by atoms with Crippen LogP contribution in [0.2, 0.25) is 0 Å². The van der Waals surface area contributed by atoms with Gasteiger partial charge in [0.2, 0.25) is 5.91 Å². The predicted octanol–water partition coefficient (Wildman–Crippen LogP) is 4.22. The van der Waals surface area contributed by atoms with Gasteiger partial charge in [-0.15, -0.1) is 0 Å². The number of likely N-dealkylation sites (tertiary alicyclic amines) is 1. The van der Waals surface area contributed by atoms with Gasteiger partial charge in [0.15, 0.2) is 0 Å². The molecule has 1 atom stereocenters. The molecule has 1 unspecified atom stereocenters. The molecule has 4 rings (SSSR count). The average molecular weight is 486 g/mol. The Morgan fingerprint density at radius 3 is 2.40 bits per heavy atom. The van der Waals surface area contributed by atoms with E-state index in [2.05, 4.69) is 10.6 Å². The molecule has 0 aromatic heterocycles. The quantitative estimate of drug-likeness (QED) is 0.682. The molecule has 2 fully saturated rings. The number of hydrogen-bond acceptors (Lipinski definition) is 4. The minimum Gasteiger partial charge on any atom is -0.359 e. The summed E-state index contributed by atoms with van der Waals surface area (Å²) in [7, 11) is 1.50. The van der Waals surface area contributed by atoms with Crippen molar-refractivity contribution in [1.29, 1.82) is 5.26 Å². The summed E-state index contributed by atoms with van der Waals surface area (Å²) in [5.74, 6) is -0.274. The number of carbonyl (C=O) groups is 2. The Bertz CT molecular complexity index is 1140. The van der Waals surface area contributed by atoms with E-state index in [1.165, 1.54) is 13.1 Å². The van der Waals surface area contributed by atoms with Crippen molar-refractivity contribution in [2.75, 3.05) is 36.9 Å². The number of nitrogens with zero attached hydrogens (tertiary/aromatic N) is 3. The molecular formula is C25H26F3N5O2. The van der Waals surface area contributed by atoms with Crippen molar-refractivity contribution in [2.45, 2.75) is 31.5 Å². The SMILES string of the molecule is CNC(=O)C1CC2(CCN(C(=O)Nc3ccccc3)CC2)CN1c1ccc(C#N)c(C(F)(F)F)c1. The van der Waals surface area contributed by atoms with Crippen LogP contribution in [0, 0.1) is 16.7 Å². The number of carbonyl (C=O) groups excluding carboxylic acids is 2. The Labute approximate surface area is 201 Å². The molecule has 2 aromatic carbocycles. The number of nitrogens with one attached hydrogen (secondary N) is 2. The lowest BCUT2D eigenvalue weighted by Gasteiger charge is -2.39. The Morgan fingerprint density at radius 2 is 1.80 bits per heavy atom. The average Bonchev–Trinajstić information content (AvgIpc) is 3.22. The molecule has 2 aliphatic heterocycles. The number of halogens is 3. The van der Waals surface area contributed by atoms with E-state index >= 15 is 0 Å². The smallest absolute Gasteiger partial charge is 0.359 e. The molecule has 2 heterocycles. The van der Waals surface area contributed by atoms with E-state index in [9.17, 15) is 22.8 Å². The Morgan fingerprint density at radius 1 is 1.11 bits per heavy atom. The summed E-state index contributed by atoms with van der Waals surface area (Å²) in [5, 5.41) is 14.6. The number of hydrogen-bond donors (Lipinski definition) is 2. The molecule has 184 valence electrons. The molecule has 0 radical (unpaired) electrons. The highest BCUT2D eigenvalue weighted by Gasteiger charge is 2.49. The maximum atomic E-state index is 13.6. The number of amides is 3. The van der Waals surface area contributed by atoms with Crippen molar-refractivity contribution in [3.8, 4) is 6.07 Å². The number of benzene rings is 2. The molecule has 1 spiro atoms. The number of rotatable bonds is 3. The first kappa shape index (κ1) is 24.4. The Kier molecular flexibility index (Phi) is 6.61. The van der Waals surface area contributed by atoms with Crippen LogP contribution in [0.15, 0.2) is 48.5 Å². The normalized spacial score (nSPS) is 19.3. The number of urea groups is 1. The van der Waals surface area contributed by atoms with E-state index < -0.39 is 23.3 Å². The van der Waals surface area contributed by atoms with Gasteiger partial charge in [0, 0.05) is 38.1 Å². The molecule has 0 aliphatic carbocycles. The van der Waals surface area contributed by atoms with E-state index in [1.54, 1.807) is 28.0 Å². The summed E-state index contributed by atoms with van der Waals surface area (Å²) < 4.78 is 40.7. The van der Waals surface area contributed by atoms with Crippen LogP contribution in [0.5, 0.6) is 0 Å². The zero-order valence-corrected chi connectivity index (χ0v) is 19.2. The molecule has 35 heavy (non-hydrogen) atoms. The molecule has 0 saturated carbocycles. The maximum absolute atomic E-state index is 13.6. The van der Waals surface area contributed by atoms with Crippen LogP contribution in [0.3, 0.4) is 0 Å². The highest BCUT2D eigenvalue weighted by molar-refractivity contribution is 5.89. The van der Waals surface area contributed by atoms with Crippen molar-refractivity contribution >= 4 is 23.3 Å². The third-order valence-corrected chi connectivity index (χ3v) is 6.95. The first-order chi connectivity index (χ1) is 16.7. The zero-order valence-electron chi connectivity index (χ0n) is 19.2. The molecule has 2 aliphatic rings. The van der Waals surface area contributed by atoms with Gasteiger partial charge in [-0.2, -0.15) is 18.4 Å². The van der Waals surface area contributed by atoms with Crippen LogP contribution in [-0.2, 0) is 11.0 Å². The fourth-order valence-corrected chi connectivity index (χ4v) is 5.04. The summed E-state index contributed by atoms with van der Waals surface area (Å²) >= 11 is 0. The monoisotopic (exact) mass is 485 g/mol. The topological polar surface area (TPSA) is 88.5 Å². The standard InChI is InChI=1S/C25H26F3N5O2/c1-30-22(34)21-14-24(9-11-32(12-10-24)23(35)31-18-5-3-2-4-6-18)16-33(21)19-8-7-17(15-29)20(13-19)25(26,27)28/h2-8,13,21H,9-12,14,16H2,1H3,(H,30,34)(H,31,35). The molecule has 2 saturated heterocycles. The molecule has 7 nitrogen and oxygen atoms in total. The lowest BCUT2D eigenvalue weighted by Crippen LogP contribution is -2.45. The lowest BCUT2D eigenvalue weighted by molar-refractivity contribution is -0.137. The summed E-state index contributed by atoms with van der Waals surface area (Å²) in [6.45, 7) is 1.35. The molecule has 10 heteroatoms. The Balaban J connectivity index is 1.53. The predicted molar refractivity (Wildman–Crippen MR) is 125 cm³/mol. The third kappa shape index (κ3) is 5.04. The summed E-state index contributed by atoms with van der Waals surface area (Å²) in [4.78, 5) is 28.8. The highest BCUT2D eigenvalue weighted by Crippen LogP contribution is 2.46. The van der Waals surface area contributed by atoms with Crippen LogP contribution in [0.4, 0.5) is 29.3 Å². The number of para-hydroxylation sites is 1. The molecule has 2 aromatic rings. The van der Waals surface area contributed by atoms with Crippen LogP contribution >= 0.6 is 0 Å². The van der Waals surface area contributed by atoms with Crippen molar-refractivity contribution < 1.29 is 22.8 Å². The van der Waals surface area contributed by atoms with E-state index in [0.717, 1.165) is 12.1 Å². The van der Waals surface area contributed by atoms with E-state index in [0.29, 0.717) is 44.6 Å². The van der Waals surface area contributed by atoms with Gasteiger partial charge < -0.3 is 20.4 Å². The minimum atomic E-state index is -4.68.